The number of benzene rings is 1. The van der Waals surface area contributed by atoms with Crippen molar-refractivity contribution in [2.45, 2.75) is 44.6 Å². The number of aliphatic hydroxyl groups is 1. The number of hydrogen-bond donors (Lipinski definition) is 1. The third-order valence-electron chi connectivity index (χ3n) is 3.71. The van der Waals surface area contributed by atoms with Gasteiger partial charge in [0.2, 0.25) is 0 Å². The molecule has 1 saturated heterocycles. The van der Waals surface area contributed by atoms with Crippen molar-refractivity contribution >= 4 is 0 Å². The normalized spacial score (nSPS) is 19.9. The van der Waals surface area contributed by atoms with Crippen LogP contribution in [0.1, 0.15) is 31.2 Å². The minimum absolute atomic E-state index is 0.175. The van der Waals surface area contributed by atoms with E-state index in [2.05, 4.69) is 9.64 Å². The molecule has 0 spiro atoms. The molecule has 0 aliphatic carbocycles. The number of likely N-dealkylation sites (tertiary alicyclic amines) is 1. The van der Waals surface area contributed by atoms with Gasteiger partial charge < -0.3 is 9.84 Å². The summed E-state index contributed by atoms with van der Waals surface area (Å²) < 4.78 is 40.6. The summed E-state index contributed by atoms with van der Waals surface area (Å²) in [5.41, 5.74) is 0.813. The molecule has 1 unspecified atom stereocenters. The average molecular weight is 303 g/mol. The zero-order valence-electron chi connectivity index (χ0n) is 11.8. The van der Waals surface area contributed by atoms with Crippen molar-refractivity contribution in [2.24, 2.45) is 0 Å². The van der Waals surface area contributed by atoms with E-state index in [1.165, 1.54) is 12.1 Å². The fourth-order valence-electron chi connectivity index (χ4n) is 2.83. The van der Waals surface area contributed by atoms with Crippen molar-refractivity contribution in [3.05, 3.63) is 29.8 Å². The first-order valence-corrected chi connectivity index (χ1v) is 7.17. The number of alkyl halides is 3. The largest absolute Gasteiger partial charge is 0.573 e. The molecule has 1 heterocycles. The summed E-state index contributed by atoms with van der Waals surface area (Å²) in [5.74, 6) is -0.175. The monoisotopic (exact) mass is 303 g/mol. The Morgan fingerprint density at radius 1 is 1.33 bits per heavy atom. The van der Waals surface area contributed by atoms with Crippen molar-refractivity contribution in [2.75, 3.05) is 13.2 Å². The van der Waals surface area contributed by atoms with E-state index in [-0.39, 0.29) is 12.4 Å². The highest BCUT2D eigenvalue weighted by atomic mass is 19.4. The highest BCUT2D eigenvalue weighted by molar-refractivity contribution is 5.28. The van der Waals surface area contributed by atoms with Crippen LogP contribution < -0.4 is 4.74 Å². The molecule has 1 aliphatic heterocycles. The summed E-state index contributed by atoms with van der Waals surface area (Å²) in [4.78, 5) is 2.27. The Bertz CT molecular complexity index is 451. The zero-order valence-corrected chi connectivity index (χ0v) is 11.8. The molecule has 0 aromatic heterocycles. The van der Waals surface area contributed by atoms with Crippen LogP contribution in [0.3, 0.4) is 0 Å². The van der Waals surface area contributed by atoms with Crippen molar-refractivity contribution in [1.29, 1.82) is 0 Å². The molecule has 6 heteroatoms. The van der Waals surface area contributed by atoms with Gasteiger partial charge in [-0.2, -0.15) is 0 Å². The lowest BCUT2D eigenvalue weighted by Crippen LogP contribution is -2.29. The van der Waals surface area contributed by atoms with Gasteiger partial charge in [0.05, 0.1) is 0 Å². The zero-order chi connectivity index (χ0) is 15.3. The topological polar surface area (TPSA) is 32.7 Å². The maximum Gasteiger partial charge on any atom is 0.573 e. The molecule has 3 nitrogen and oxygen atoms in total. The number of nitrogens with zero attached hydrogens (tertiary/aromatic N) is 1. The Kier molecular flexibility index (Phi) is 5.47. The van der Waals surface area contributed by atoms with Gasteiger partial charge in [0.15, 0.2) is 0 Å². The molecule has 0 radical (unpaired) electrons. The first-order valence-electron chi connectivity index (χ1n) is 7.17. The first-order chi connectivity index (χ1) is 9.98. The highest BCUT2D eigenvalue weighted by Gasteiger charge is 2.31. The van der Waals surface area contributed by atoms with Crippen molar-refractivity contribution in [3.8, 4) is 5.75 Å². The van der Waals surface area contributed by atoms with E-state index in [9.17, 15) is 13.2 Å². The second-order valence-electron chi connectivity index (χ2n) is 5.33. The summed E-state index contributed by atoms with van der Waals surface area (Å²) in [6, 6.07) is 6.54. The fourth-order valence-corrected chi connectivity index (χ4v) is 2.83. The van der Waals surface area contributed by atoms with Gasteiger partial charge in [0.1, 0.15) is 5.75 Å². The smallest absolute Gasteiger partial charge is 0.406 e. The van der Waals surface area contributed by atoms with Gasteiger partial charge in [-0.3, -0.25) is 4.90 Å². The van der Waals surface area contributed by atoms with Crippen LogP contribution in [0.5, 0.6) is 5.75 Å². The van der Waals surface area contributed by atoms with E-state index in [1.807, 2.05) is 6.07 Å². The molecule has 1 aliphatic rings. The van der Waals surface area contributed by atoms with E-state index >= 15 is 0 Å². The Morgan fingerprint density at radius 2 is 2.14 bits per heavy atom. The van der Waals surface area contributed by atoms with Gasteiger partial charge in [-0.05, 0) is 49.9 Å². The van der Waals surface area contributed by atoms with Crippen LogP contribution in [0, 0.1) is 0 Å². The molecule has 1 aromatic rings. The molecule has 118 valence electrons. The Balaban J connectivity index is 1.97. The summed E-state index contributed by atoms with van der Waals surface area (Å²) in [6.07, 6.45) is -0.795. The van der Waals surface area contributed by atoms with E-state index in [4.69, 9.17) is 5.11 Å². The van der Waals surface area contributed by atoms with Crippen LogP contribution in [-0.2, 0) is 6.54 Å². The van der Waals surface area contributed by atoms with Crippen molar-refractivity contribution in [1.82, 2.24) is 4.90 Å². The summed E-state index contributed by atoms with van der Waals surface area (Å²) >= 11 is 0. The van der Waals surface area contributed by atoms with Crippen LogP contribution >= 0.6 is 0 Å². The molecular weight excluding hydrogens is 283 g/mol. The SMILES string of the molecule is OCCCC1CCCN1Cc1cccc(OC(F)(F)F)c1. The van der Waals surface area contributed by atoms with Crippen LogP contribution in [0.15, 0.2) is 24.3 Å². The third kappa shape index (κ3) is 5.21. The van der Waals surface area contributed by atoms with Gasteiger partial charge in [0.25, 0.3) is 0 Å². The quantitative estimate of drug-likeness (QED) is 0.875. The van der Waals surface area contributed by atoms with Crippen LogP contribution in [0.4, 0.5) is 13.2 Å². The lowest BCUT2D eigenvalue weighted by molar-refractivity contribution is -0.274. The molecule has 1 aromatic carbocycles. The van der Waals surface area contributed by atoms with Crippen molar-refractivity contribution in [3.63, 3.8) is 0 Å². The van der Waals surface area contributed by atoms with Gasteiger partial charge in [-0.1, -0.05) is 12.1 Å². The number of hydrogen-bond acceptors (Lipinski definition) is 3. The average Bonchev–Trinajstić information content (AvgIpc) is 2.82. The van der Waals surface area contributed by atoms with E-state index in [0.717, 1.165) is 37.8 Å². The maximum atomic E-state index is 12.2. The van der Waals surface area contributed by atoms with Crippen molar-refractivity contribution < 1.29 is 23.0 Å². The molecule has 0 amide bonds. The molecular formula is C15H20F3NO2. The Morgan fingerprint density at radius 3 is 2.86 bits per heavy atom. The number of ether oxygens (including phenoxy) is 1. The van der Waals surface area contributed by atoms with E-state index < -0.39 is 6.36 Å². The first kappa shape index (κ1) is 16.1. The lowest BCUT2D eigenvalue weighted by Gasteiger charge is -2.24. The second-order valence-corrected chi connectivity index (χ2v) is 5.33. The second kappa shape index (κ2) is 7.13. The van der Waals surface area contributed by atoms with Gasteiger partial charge in [0, 0.05) is 19.2 Å². The highest BCUT2D eigenvalue weighted by Crippen LogP contribution is 2.26. The van der Waals surface area contributed by atoms with Crippen LogP contribution in [0.25, 0.3) is 0 Å². The molecule has 1 fully saturated rings. The molecule has 0 bridgehead atoms. The number of rotatable bonds is 6. The standard InChI is InChI=1S/C15H20F3NO2/c16-15(17,18)21-14-7-1-4-12(10-14)11-19-8-2-5-13(19)6-3-9-20/h1,4,7,10,13,20H,2-3,5-6,8-9,11H2. The molecule has 21 heavy (non-hydrogen) atoms. The molecule has 0 saturated carbocycles. The lowest BCUT2D eigenvalue weighted by atomic mass is 10.1. The Labute approximate surface area is 122 Å². The third-order valence-corrected chi connectivity index (χ3v) is 3.71. The van der Waals surface area contributed by atoms with Gasteiger partial charge in [-0.25, -0.2) is 0 Å². The summed E-state index contributed by atoms with van der Waals surface area (Å²) in [5, 5.41) is 8.91. The minimum Gasteiger partial charge on any atom is -0.406 e. The van der Waals surface area contributed by atoms with E-state index in [1.54, 1.807) is 6.07 Å². The van der Waals surface area contributed by atoms with Gasteiger partial charge in [-0.15, -0.1) is 13.2 Å². The minimum atomic E-state index is -4.66. The van der Waals surface area contributed by atoms with Crippen LogP contribution in [-0.4, -0.2) is 35.6 Å². The maximum absolute atomic E-state index is 12.2. The molecule has 1 atom stereocenters. The number of aliphatic hydroxyl groups excluding tert-OH is 1. The summed E-state index contributed by atoms with van der Waals surface area (Å²) in [7, 11) is 0. The van der Waals surface area contributed by atoms with Crippen LogP contribution in [0.2, 0.25) is 0 Å². The number of halogens is 3. The Hall–Kier alpha value is -1.27. The predicted octanol–water partition coefficient (Wildman–Crippen LogP) is 3.32. The fraction of sp³-hybridized carbons (Fsp3) is 0.600. The molecule has 1 N–H and O–H groups in total. The van der Waals surface area contributed by atoms with Gasteiger partial charge >= 0.3 is 6.36 Å². The molecule has 2 rings (SSSR count). The summed E-state index contributed by atoms with van der Waals surface area (Å²) in [6.45, 7) is 1.74. The van der Waals surface area contributed by atoms with E-state index in [0.29, 0.717) is 12.6 Å². The predicted molar refractivity (Wildman–Crippen MR) is 72.9 cm³/mol.